The van der Waals surface area contributed by atoms with Crippen molar-refractivity contribution in [1.29, 1.82) is 0 Å². The van der Waals surface area contributed by atoms with E-state index in [4.69, 9.17) is 9.72 Å². The predicted octanol–water partition coefficient (Wildman–Crippen LogP) is 5.62. The molecule has 176 valence electrons. The van der Waals surface area contributed by atoms with E-state index < -0.39 is 0 Å². The number of amides is 1. The van der Waals surface area contributed by atoms with Gasteiger partial charge in [-0.1, -0.05) is 18.2 Å². The number of hydrogen-bond acceptors (Lipinski definition) is 3. The normalized spacial score (nSPS) is 11.0. The molecule has 0 aliphatic heterocycles. The number of aromatic nitrogens is 2. The molecule has 0 bridgehead atoms. The minimum atomic E-state index is -0.357. The van der Waals surface area contributed by atoms with Crippen LogP contribution in [0, 0.1) is 19.7 Å². The number of benzene rings is 3. The SMILES string of the molecule is Cc1cc(C)cc(OCCCCn2c(CCNC(=O)c3ccc(F)cc3)nc3ccccc32)c1. The summed E-state index contributed by atoms with van der Waals surface area (Å²) < 4.78 is 21.3. The molecule has 4 rings (SSSR count). The van der Waals surface area contributed by atoms with Crippen molar-refractivity contribution in [3.8, 4) is 5.75 Å². The van der Waals surface area contributed by atoms with Crippen LogP contribution in [0.25, 0.3) is 11.0 Å². The van der Waals surface area contributed by atoms with Gasteiger partial charge in [0.1, 0.15) is 17.4 Å². The monoisotopic (exact) mass is 459 g/mol. The van der Waals surface area contributed by atoms with Crippen molar-refractivity contribution in [3.05, 3.63) is 95.1 Å². The summed E-state index contributed by atoms with van der Waals surface area (Å²) >= 11 is 0. The fraction of sp³-hybridized carbons (Fsp3) is 0.286. The number of para-hydroxylation sites is 2. The fourth-order valence-electron chi connectivity index (χ4n) is 4.14. The van der Waals surface area contributed by atoms with Gasteiger partial charge >= 0.3 is 0 Å². The summed E-state index contributed by atoms with van der Waals surface area (Å²) in [5.74, 6) is 1.29. The Kier molecular flexibility index (Phi) is 7.58. The Bertz CT molecular complexity index is 1240. The first-order valence-electron chi connectivity index (χ1n) is 11.7. The summed E-state index contributed by atoms with van der Waals surface area (Å²) in [6.45, 7) is 6.10. The Labute approximate surface area is 199 Å². The number of carbonyl (C=O) groups is 1. The summed E-state index contributed by atoms with van der Waals surface area (Å²) in [4.78, 5) is 17.1. The van der Waals surface area contributed by atoms with Gasteiger partial charge in [-0.15, -0.1) is 0 Å². The van der Waals surface area contributed by atoms with Crippen LogP contribution < -0.4 is 10.1 Å². The minimum absolute atomic E-state index is 0.216. The molecule has 3 aromatic carbocycles. The second kappa shape index (κ2) is 11.0. The van der Waals surface area contributed by atoms with Crippen molar-refractivity contribution in [3.63, 3.8) is 0 Å². The van der Waals surface area contributed by atoms with Gasteiger partial charge in [0.2, 0.25) is 0 Å². The quantitative estimate of drug-likeness (QED) is 0.313. The number of rotatable bonds is 10. The van der Waals surface area contributed by atoms with Gasteiger partial charge in [-0.3, -0.25) is 4.79 Å². The van der Waals surface area contributed by atoms with Gasteiger partial charge in [-0.2, -0.15) is 0 Å². The molecule has 1 heterocycles. The number of hydrogen-bond donors (Lipinski definition) is 1. The minimum Gasteiger partial charge on any atom is -0.494 e. The number of aryl methyl sites for hydroxylation is 3. The number of halogens is 1. The summed E-state index contributed by atoms with van der Waals surface area (Å²) in [5, 5.41) is 2.91. The zero-order valence-corrected chi connectivity index (χ0v) is 19.7. The van der Waals surface area contributed by atoms with Crippen LogP contribution in [0.4, 0.5) is 4.39 Å². The van der Waals surface area contributed by atoms with Crippen LogP contribution >= 0.6 is 0 Å². The average Bonchev–Trinajstić information content (AvgIpc) is 3.16. The standard InChI is InChI=1S/C28H30FN3O2/c1-20-17-21(2)19-24(18-20)34-16-6-5-15-32-26-8-4-3-7-25(26)31-27(32)13-14-30-28(33)22-9-11-23(29)12-10-22/h3-4,7-12,17-19H,5-6,13-16H2,1-2H3,(H,30,33). The Morgan fingerprint density at radius 2 is 1.74 bits per heavy atom. The molecule has 1 N–H and O–H groups in total. The van der Waals surface area contributed by atoms with Crippen LogP contribution in [0.2, 0.25) is 0 Å². The summed E-state index contributed by atoms with van der Waals surface area (Å²) in [6.07, 6.45) is 2.50. The van der Waals surface area contributed by atoms with Gasteiger partial charge in [0.25, 0.3) is 5.91 Å². The van der Waals surface area contributed by atoms with Gasteiger partial charge in [0.15, 0.2) is 0 Å². The number of carbonyl (C=O) groups excluding carboxylic acids is 1. The Morgan fingerprint density at radius 3 is 2.50 bits per heavy atom. The maximum Gasteiger partial charge on any atom is 0.251 e. The maximum absolute atomic E-state index is 13.1. The number of ether oxygens (including phenoxy) is 1. The van der Waals surface area contributed by atoms with Crippen molar-refractivity contribution in [2.24, 2.45) is 0 Å². The van der Waals surface area contributed by atoms with Gasteiger partial charge in [0, 0.05) is 25.1 Å². The lowest BCUT2D eigenvalue weighted by molar-refractivity contribution is 0.0954. The lowest BCUT2D eigenvalue weighted by Gasteiger charge is -2.11. The van der Waals surface area contributed by atoms with Gasteiger partial charge in [-0.25, -0.2) is 9.37 Å². The van der Waals surface area contributed by atoms with Crippen molar-refractivity contribution in [1.82, 2.24) is 14.9 Å². The molecule has 0 fully saturated rings. The van der Waals surface area contributed by atoms with Gasteiger partial charge < -0.3 is 14.6 Å². The first-order valence-corrected chi connectivity index (χ1v) is 11.7. The highest BCUT2D eigenvalue weighted by atomic mass is 19.1. The first-order chi connectivity index (χ1) is 16.5. The van der Waals surface area contributed by atoms with E-state index in [1.165, 1.54) is 35.4 Å². The van der Waals surface area contributed by atoms with Crippen molar-refractivity contribution < 1.29 is 13.9 Å². The number of imidazole rings is 1. The molecule has 34 heavy (non-hydrogen) atoms. The van der Waals surface area contributed by atoms with E-state index in [0.29, 0.717) is 25.1 Å². The predicted molar refractivity (Wildman–Crippen MR) is 133 cm³/mol. The molecule has 0 saturated carbocycles. The molecule has 0 spiro atoms. The van der Waals surface area contributed by atoms with Crippen LogP contribution in [0.3, 0.4) is 0 Å². The molecule has 0 aliphatic rings. The molecular formula is C28H30FN3O2. The highest BCUT2D eigenvalue weighted by molar-refractivity contribution is 5.94. The Hall–Kier alpha value is -3.67. The second-order valence-electron chi connectivity index (χ2n) is 8.56. The van der Waals surface area contributed by atoms with E-state index in [0.717, 1.165) is 42.0 Å². The molecule has 4 aromatic rings. The number of fused-ring (bicyclic) bond motifs is 1. The van der Waals surface area contributed by atoms with Crippen LogP contribution in [-0.2, 0) is 13.0 Å². The van der Waals surface area contributed by atoms with E-state index in [1.807, 2.05) is 18.2 Å². The lowest BCUT2D eigenvalue weighted by atomic mass is 10.1. The van der Waals surface area contributed by atoms with E-state index in [9.17, 15) is 9.18 Å². The van der Waals surface area contributed by atoms with E-state index in [1.54, 1.807) is 0 Å². The smallest absolute Gasteiger partial charge is 0.251 e. The van der Waals surface area contributed by atoms with E-state index in [-0.39, 0.29) is 11.7 Å². The Morgan fingerprint density at radius 1 is 1.00 bits per heavy atom. The van der Waals surface area contributed by atoms with E-state index in [2.05, 4.69) is 48.0 Å². The highest BCUT2D eigenvalue weighted by Gasteiger charge is 2.11. The Balaban J connectivity index is 1.33. The van der Waals surface area contributed by atoms with Crippen molar-refractivity contribution in [2.75, 3.05) is 13.2 Å². The summed E-state index contributed by atoms with van der Waals surface area (Å²) in [6, 6.07) is 19.9. The fourth-order valence-corrected chi connectivity index (χ4v) is 4.14. The third kappa shape index (κ3) is 6.01. The molecule has 0 radical (unpaired) electrons. The van der Waals surface area contributed by atoms with Crippen molar-refractivity contribution >= 4 is 16.9 Å². The summed E-state index contributed by atoms with van der Waals surface area (Å²) in [5.41, 5.74) is 4.90. The lowest BCUT2D eigenvalue weighted by Crippen LogP contribution is -2.26. The van der Waals surface area contributed by atoms with Crippen molar-refractivity contribution in [2.45, 2.75) is 39.7 Å². The molecule has 1 aromatic heterocycles. The third-order valence-electron chi connectivity index (χ3n) is 5.71. The van der Waals surface area contributed by atoms with Crippen LogP contribution in [-0.4, -0.2) is 28.6 Å². The zero-order chi connectivity index (χ0) is 23.9. The first kappa shape index (κ1) is 23.5. The molecule has 0 aliphatic carbocycles. The molecule has 6 heteroatoms. The molecule has 0 saturated heterocycles. The highest BCUT2D eigenvalue weighted by Crippen LogP contribution is 2.19. The molecule has 1 amide bonds. The van der Waals surface area contributed by atoms with Gasteiger partial charge in [-0.05, 0) is 86.3 Å². The van der Waals surface area contributed by atoms with E-state index >= 15 is 0 Å². The number of nitrogens with one attached hydrogen (secondary N) is 1. The maximum atomic E-state index is 13.1. The zero-order valence-electron chi connectivity index (χ0n) is 19.7. The molecule has 0 atom stereocenters. The van der Waals surface area contributed by atoms with Crippen LogP contribution in [0.1, 0.15) is 40.2 Å². The topological polar surface area (TPSA) is 56.1 Å². The van der Waals surface area contributed by atoms with Crippen LogP contribution in [0.15, 0.2) is 66.7 Å². The second-order valence-corrected chi connectivity index (χ2v) is 8.56. The molecule has 5 nitrogen and oxygen atoms in total. The largest absolute Gasteiger partial charge is 0.494 e. The van der Waals surface area contributed by atoms with Crippen LogP contribution in [0.5, 0.6) is 5.75 Å². The average molecular weight is 460 g/mol. The molecular weight excluding hydrogens is 429 g/mol. The molecule has 0 unspecified atom stereocenters. The number of nitrogens with zero attached hydrogens (tertiary/aromatic N) is 2. The third-order valence-corrected chi connectivity index (χ3v) is 5.71. The number of unbranched alkanes of at least 4 members (excludes halogenated alkanes) is 1. The van der Waals surface area contributed by atoms with Gasteiger partial charge in [0.05, 0.1) is 17.6 Å². The summed E-state index contributed by atoms with van der Waals surface area (Å²) in [7, 11) is 0.